The summed E-state index contributed by atoms with van der Waals surface area (Å²) in [5.74, 6) is 4.70. The number of aromatic nitrogens is 6. The number of anilines is 2. The first kappa shape index (κ1) is 54.1. The average Bonchev–Trinajstić information content (AvgIpc) is 3.86. The fourth-order valence-corrected chi connectivity index (χ4v) is 9.02. The average molecular weight is 1060 g/mol. The number of nitrogens with one attached hydrogen (secondary N) is 4. The fourth-order valence-electron chi connectivity index (χ4n) is 8.33. The summed E-state index contributed by atoms with van der Waals surface area (Å²) in [5.41, 5.74) is 1.49. The summed E-state index contributed by atoms with van der Waals surface area (Å²) in [5, 5.41) is 41.5. The van der Waals surface area contributed by atoms with Crippen LogP contribution in [-0.2, 0) is 43.0 Å². The van der Waals surface area contributed by atoms with Gasteiger partial charge in [0.05, 0.1) is 55.6 Å². The van der Waals surface area contributed by atoms with Gasteiger partial charge in [-0.05, 0) is 87.6 Å². The molecule has 1 atom stereocenters. The highest BCUT2D eigenvalue weighted by molar-refractivity contribution is 7.99. The number of nitrogens with zero attached hydrogens (tertiary/aromatic N) is 6. The largest absolute Gasteiger partial charge is 0.586 e. The van der Waals surface area contributed by atoms with Crippen molar-refractivity contribution in [3.63, 3.8) is 0 Å². The monoisotopic (exact) mass is 1060 g/mol. The number of fused-ring (bicyclic) bond motifs is 3. The summed E-state index contributed by atoms with van der Waals surface area (Å²) >= 11 is 1.52. The van der Waals surface area contributed by atoms with Crippen molar-refractivity contribution >= 4 is 63.2 Å². The van der Waals surface area contributed by atoms with Crippen LogP contribution in [0.5, 0.6) is 11.5 Å². The van der Waals surface area contributed by atoms with E-state index in [-0.39, 0.29) is 43.5 Å². The van der Waals surface area contributed by atoms with Gasteiger partial charge in [0.1, 0.15) is 11.4 Å². The van der Waals surface area contributed by atoms with Crippen LogP contribution in [0, 0.1) is 17.7 Å². The van der Waals surface area contributed by atoms with Crippen LogP contribution in [0.4, 0.5) is 29.5 Å². The van der Waals surface area contributed by atoms with Crippen LogP contribution >= 0.6 is 11.8 Å². The Labute approximate surface area is 434 Å². The van der Waals surface area contributed by atoms with Crippen LogP contribution in [0.15, 0.2) is 65.8 Å². The Morgan fingerprint density at radius 2 is 1.72 bits per heavy atom. The van der Waals surface area contributed by atoms with Gasteiger partial charge in [-0.1, -0.05) is 61.9 Å². The summed E-state index contributed by atoms with van der Waals surface area (Å²) in [6, 6.07) is 16.1. The molecular formula is C52H59F3N10O9S. The second-order valence-corrected chi connectivity index (χ2v) is 20.9. The maximum absolute atomic E-state index is 15.9. The second-order valence-electron chi connectivity index (χ2n) is 19.8. The molecule has 1 aliphatic carbocycles. The lowest BCUT2D eigenvalue weighted by Gasteiger charge is -2.27. The van der Waals surface area contributed by atoms with E-state index in [1.54, 1.807) is 48.2 Å². The van der Waals surface area contributed by atoms with Gasteiger partial charge >= 0.3 is 12.4 Å². The number of aliphatic hydroxyl groups is 2. The number of carbonyl (C=O) groups excluding carboxylic acids is 3. The molecule has 0 bridgehead atoms. The quantitative estimate of drug-likeness (QED) is 0.0193. The topological polar surface area (TPSA) is 238 Å². The lowest BCUT2D eigenvalue weighted by Crippen LogP contribution is -2.35. The van der Waals surface area contributed by atoms with Gasteiger partial charge in [0, 0.05) is 59.4 Å². The molecule has 75 heavy (non-hydrogen) atoms. The van der Waals surface area contributed by atoms with Crippen LogP contribution in [0.3, 0.4) is 0 Å². The fraction of sp³-hybridized carbons (Fsp3) is 0.442. The lowest BCUT2D eigenvalue weighted by atomic mass is 9.90. The zero-order valence-corrected chi connectivity index (χ0v) is 43.1. The van der Waals surface area contributed by atoms with Gasteiger partial charge in [-0.2, -0.15) is 0 Å². The normalized spacial score (nSPS) is 14.8. The van der Waals surface area contributed by atoms with Crippen LogP contribution in [0.2, 0.25) is 0 Å². The maximum atomic E-state index is 15.9. The van der Waals surface area contributed by atoms with Crippen LogP contribution in [-0.4, -0.2) is 121 Å². The first-order chi connectivity index (χ1) is 35.7. The number of ether oxygens (including phenoxy) is 4. The Hall–Kier alpha value is -7.13. The Balaban J connectivity index is 0.845. The third-order valence-corrected chi connectivity index (χ3v) is 13.2. The molecular weight excluding hydrogens is 998 g/mol. The zero-order chi connectivity index (χ0) is 53.7. The predicted molar refractivity (Wildman–Crippen MR) is 273 cm³/mol. The van der Waals surface area contributed by atoms with Crippen molar-refractivity contribution in [3.8, 4) is 23.3 Å². The van der Waals surface area contributed by atoms with Crippen molar-refractivity contribution in [1.82, 2.24) is 40.2 Å². The molecule has 19 nitrogen and oxygen atoms in total. The number of carbonyl (C=O) groups is 3. The van der Waals surface area contributed by atoms with E-state index in [1.165, 1.54) is 42.1 Å². The Bertz CT molecular complexity index is 3150. The minimum atomic E-state index is -3.82. The van der Waals surface area contributed by atoms with Crippen molar-refractivity contribution in [2.75, 3.05) is 55.8 Å². The molecule has 3 aromatic carbocycles. The highest BCUT2D eigenvalue weighted by Crippen LogP contribution is 2.52. The Morgan fingerprint density at radius 1 is 0.960 bits per heavy atom. The summed E-state index contributed by atoms with van der Waals surface area (Å²) in [6.07, 6.45) is -3.76. The molecule has 6 aromatic rings. The van der Waals surface area contributed by atoms with Gasteiger partial charge in [0.2, 0.25) is 5.91 Å². The summed E-state index contributed by atoms with van der Waals surface area (Å²) in [4.78, 5) is 47.9. The highest BCUT2D eigenvalue weighted by Gasteiger charge is 2.53. The molecule has 23 heteroatoms. The molecule has 0 saturated heterocycles. The van der Waals surface area contributed by atoms with Crippen molar-refractivity contribution in [2.45, 2.75) is 108 Å². The minimum Gasteiger partial charge on any atom is -0.444 e. The van der Waals surface area contributed by atoms with E-state index in [1.807, 2.05) is 26.0 Å². The molecule has 0 spiro atoms. The SMILES string of the molecule is CCCSc1nc(NCCNC(=O)OC(C)(C)C)c2nnn(Cc3ccc(C#CC(=O)NCCOCC(C)(C)c4cc5cc(NC(=O)C6(c7ccc8c(c7)OC(F)(F)O8)CC6)c(F)cc5n4C[C@@H](O)CO)cc3)c2n1. The van der Waals surface area contributed by atoms with E-state index >= 15 is 4.39 Å². The number of hydrogen-bond acceptors (Lipinski definition) is 15. The van der Waals surface area contributed by atoms with E-state index in [0.29, 0.717) is 82.3 Å². The number of rotatable bonds is 21. The summed E-state index contributed by atoms with van der Waals surface area (Å²) in [7, 11) is 0. The molecule has 3 amide bonds. The molecule has 0 unspecified atom stereocenters. The Morgan fingerprint density at radius 3 is 2.44 bits per heavy atom. The Kier molecular flexibility index (Phi) is 16.2. The summed E-state index contributed by atoms with van der Waals surface area (Å²) in [6.45, 7) is 12.1. The van der Waals surface area contributed by atoms with Crippen molar-refractivity contribution in [2.24, 2.45) is 0 Å². The third-order valence-electron chi connectivity index (χ3n) is 12.1. The second kappa shape index (κ2) is 22.4. The van der Waals surface area contributed by atoms with Crippen LogP contribution in [0.1, 0.15) is 83.2 Å². The number of thioether (sulfide) groups is 1. The number of hydrogen-bond donors (Lipinski definition) is 6. The van der Waals surface area contributed by atoms with Gasteiger partial charge in [-0.3, -0.25) is 9.59 Å². The molecule has 1 saturated carbocycles. The van der Waals surface area contributed by atoms with E-state index in [0.717, 1.165) is 17.7 Å². The van der Waals surface area contributed by atoms with Gasteiger partial charge in [-0.15, -0.1) is 13.9 Å². The molecule has 398 valence electrons. The van der Waals surface area contributed by atoms with Crippen LogP contribution in [0.25, 0.3) is 22.1 Å². The molecule has 2 aliphatic rings. The van der Waals surface area contributed by atoms with E-state index in [2.05, 4.69) is 64.8 Å². The summed E-state index contributed by atoms with van der Waals surface area (Å²) < 4.78 is 67.0. The predicted octanol–water partition coefficient (Wildman–Crippen LogP) is 6.61. The standard InChI is InChI=1S/C52H59F3N10O9S/c1-7-22-75-47-60-44(57-18-19-58-48(70)74-49(2,3)4)43-45(61-47)65(63-62-43)27-32-10-8-31(9-11-32)12-15-42(68)56-20-21-71-30-50(5,6)41-24-33-23-37(36(53)26-38(33)64(41)28-35(67)29-66)59-46(69)51(16-17-51)34-13-14-39-40(25-34)73-52(54,55)72-39/h8-11,13-14,23-26,35,66-67H,7,16-22,27-30H2,1-6H3,(H,56,68)(H,58,70)(H,59,69)(H,57,60,61)/t35-/m1/s1. The smallest absolute Gasteiger partial charge is 0.444 e. The van der Waals surface area contributed by atoms with E-state index in [9.17, 15) is 33.4 Å². The number of alkyl carbamates (subject to hydrolysis) is 1. The molecule has 3 aromatic heterocycles. The van der Waals surface area contributed by atoms with Gasteiger partial charge in [-0.25, -0.2) is 23.8 Å². The molecule has 4 heterocycles. The number of aliphatic hydroxyl groups excluding tert-OH is 2. The van der Waals surface area contributed by atoms with Gasteiger partial charge in [0.25, 0.3) is 5.91 Å². The van der Waals surface area contributed by atoms with Crippen molar-refractivity contribution in [3.05, 3.63) is 88.9 Å². The number of benzene rings is 3. The van der Waals surface area contributed by atoms with Gasteiger partial charge in [0.15, 0.2) is 33.6 Å². The highest BCUT2D eigenvalue weighted by atomic mass is 32.2. The number of halogens is 3. The molecule has 0 radical (unpaired) electrons. The minimum absolute atomic E-state index is 0.0692. The number of amides is 3. The maximum Gasteiger partial charge on any atom is 0.586 e. The van der Waals surface area contributed by atoms with Crippen LogP contribution < -0.4 is 30.7 Å². The van der Waals surface area contributed by atoms with E-state index < -0.39 is 59.2 Å². The molecule has 8 rings (SSSR count). The van der Waals surface area contributed by atoms with E-state index in [4.69, 9.17) is 14.5 Å². The third kappa shape index (κ3) is 13.2. The lowest BCUT2D eigenvalue weighted by molar-refractivity contribution is -0.286. The molecule has 1 aliphatic heterocycles. The van der Waals surface area contributed by atoms with Crippen molar-refractivity contribution < 1.29 is 56.7 Å². The first-order valence-electron chi connectivity index (χ1n) is 24.4. The van der Waals surface area contributed by atoms with Crippen molar-refractivity contribution in [1.29, 1.82) is 0 Å². The number of alkyl halides is 2. The zero-order valence-electron chi connectivity index (χ0n) is 42.3. The van der Waals surface area contributed by atoms with Gasteiger partial charge < -0.3 is 55.0 Å². The first-order valence-corrected chi connectivity index (χ1v) is 25.4. The molecule has 6 N–H and O–H groups in total. The molecule has 1 fully saturated rings.